The summed E-state index contributed by atoms with van der Waals surface area (Å²) in [5, 5.41) is 20.2. The van der Waals surface area contributed by atoms with Crippen LogP contribution in [0.2, 0.25) is 0 Å². The maximum absolute atomic E-state index is 14.3. The molecule has 4 N–H and O–H groups in total. The molecule has 2 aliphatic carbocycles. The number of rotatable bonds is 10. The van der Waals surface area contributed by atoms with E-state index in [1.807, 2.05) is 52.1 Å². The van der Waals surface area contributed by atoms with Crippen molar-refractivity contribution in [3.63, 3.8) is 0 Å². The van der Waals surface area contributed by atoms with E-state index in [-0.39, 0.29) is 24.6 Å². The molecule has 1 aliphatic heterocycles. The van der Waals surface area contributed by atoms with Crippen LogP contribution in [0.3, 0.4) is 0 Å². The van der Waals surface area contributed by atoms with E-state index >= 15 is 0 Å². The molecule has 3 aliphatic rings. The van der Waals surface area contributed by atoms with Gasteiger partial charge in [0.25, 0.3) is 5.91 Å². The largest absolute Gasteiger partial charge is 0.395 e. The fourth-order valence-electron chi connectivity index (χ4n) is 4.91. The lowest BCUT2D eigenvalue weighted by Crippen LogP contribution is -2.50. The molecule has 40 heavy (non-hydrogen) atoms. The maximum atomic E-state index is 14.3. The standard InChI is InChI=1S/C32H42N6O2/c1-7-27(37-32(5)17-12-13-23(19-32)33-6)35-29-30(40)38(20-22(2)31(3,4)21-39)26-16-9-8-14-24(26)28(36-29)25-15-10-11-18-34-25/h7,10-16,18-19,29,33,35,37,39H,2,8-9,17,20-21H2,1,3-6H3/b27-7-/t29-,32?/m0/s1. The molecule has 0 saturated carbocycles. The number of allylic oxidation sites excluding steroid dienone is 5. The summed E-state index contributed by atoms with van der Waals surface area (Å²) in [6.07, 6.45) is 15.8. The summed E-state index contributed by atoms with van der Waals surface area (Å²) in [4.78, 5) is 25.7. The zero-order chi connectivity index (χ0) is 28.9. The van der Waals surface area contributed by atoms with Gasteiger partial charge in [-0.3, -0.25) is 9.78 Å². The molecule has 0 spiro atoms. The van der Waals surface area contributed by atoms with Crippen molar-refractivity contribution in [3.8, 4) is 0 Å². The van der Waals surface area contributed by atoms with Crippen LogP contribution in [-0.2, 0) is 4.79 Å². The van der Waals surface area contributed by atoms with Gasteiger partial charge in [0, 0.05) is 42.2 Å². The Labute approximate surface area is 238 Å². The third kappa shape index (κ3) is 6.28. The topological polar surface area (TPSA) is 102 Å². The maximum Gasteiger partial charge on any atom is 0.272 e. The van der Waals surface area contributed by atoms with Crippen molar-refractivity contribution in [1.29, 1.82) is 0 Å². The molecule has 1 aromatic heterocycles. The van der Waals surface area contributed by atoms with Crippen LogP contribution >= 0.6 is 0 Å². The van der Waals surface area contributed by atoms with Crippen LogP contribution in [0, 0.1) is 5.41 Å². The van der Waals surface area contributed by atoms with Crippen LogP contribution in [0.25, 0.3) is 0 Å². The van der Waals surface area contributed by atoms with Crippen molar-refractivity contribution in [3.05, 3.63) is 101 Å². The van der Waals surface area contributed by atoms with Gasteiger partial charge < -0.3 is 26.0 Å². The molecule has 2 atom stereocenters. The number of likely N-dealkylation sites (N-methyl/N-ethyl adjacent to an activating group) is 1. The Kier molecular flexibility index (Phi) is 8.79. The molecule has 0 radical (unpaired) electrons. The van der Waals surface area contributed by atoms with Gasteiger partial charge in [0.15, 0.2) is 0 Å². The first kappa shape index (κ1) is 29.1. The number of aromatic nitrogens is 1. The van der Waals surface area contributed by atoms with Gasteiger partial charge in [-0.05, 0) is 69.0 Å². The van der Waals surface area contributed by atoms with Gasteiger partial charge >= 0.3 is 0 Å². The highest BCUT2D eigenvalue weighted by atomic mass is 16.3. The Balaban J connectivity index is 1.74. The fourth-order valence-corrected chi connectivity index (χ4v) is 4.91. The number of carbonyl (C=O) groups excluding carboxylic acids is 1. The second-order valence-electron chi connectivity index (χ2n) is 11.3. The number of nitrogens with zero attached hydrogens (tertiary/aromatic N) is 3. The number of aliphatic hydroxyl groups excluding tert-OH is 1. The van der Waals surface area contributed by atoms with Crippen LogP contribution in [0.15, 0.2) is 101 Å². The third-order valence-electron chi connectivity index (χ3n) is 7.64. The zero-order valence-corrected chi connectivity index (χ0v) is 24.3. The summed E-state index contributed by atoms with van der Waals surface area (Å²) in [5.41, 5.74) is 3.96. The average Bonchev–Trinajstić information content (AvgIpc) is 3.07. The van der Waals surface area contributed by atoms with Crippen molar-refractivity contribution >= 4 is 11.6 Å². The van der Waals surface area contributed by atoms with Crippen LogP contribution < -0.4 is 16.0 Å². The summed E-state index contributed by atoms with van der Waals surface area (Å²) in [6, 6.07) is 5.72. The molecule has 0 bridgehead atoms. The number of pyridine rings is 1. The van der Waals surface area contributed by atoms with E-state index in [4.69, 9.17) is 4.99 Å². The van der Waals surface area contributed by atoms with Crippen molar-refractivity contribution in [2.45, 2.75) is 58.7 Å². The number of aliphatic imine (C=N–C) groups is 1. The molecule has 4 rings (SSSR count). The average molecular weight is 543 g/mol. The molecule has 212 valence electrons. The van der Waals surface area contributed by atoms with Crippen molar-refractivity contribution in [2.75, 3.05) is 20.2 Å². The van der Waals surface area contributed by atoms with E-state index in [1.165, 1.54) is 0 Å². The van der Waals surface area contributed by atoms with Gasteiger partial charge in [-0.1, -0.05) is 44.7 Å². The number of amides is 1. The normalized spacial score (nSPS) is 23.2. The summed E-state index contributed by atoms with van der Waals surface area (Å²) < 4.78 is 0. The Morgan fingerprint density at radius 3 is 2.75 bits per heavy atom. The third-order valence-corrected chi connectivity index (χ3v) is 7.64. The minimum atomic E-state index is -0.913. The number of carbonyl (C=O) groups is 1. The van der Waals surface area contributed by atoms with E-state index in [2.05, 4.69) is 64.8 Å². The van der Waals surface area contributed by atoms with E-state index in [0.717, 1.165) is 41.8 Å². The Morgan fingerprint density at radius 1 is 1.30 bits per heavy atom. The van der Waals surface area contributed by atoms with Crippen LogP contribution in [-0.4, -0.2) is 58.5 Å². The van der Waals surface area contributed by atoms with Crippen molar-refractivity contribution in [2.24, 2.45) is 10.4 Å². The lowest BCUT2D eigenvalue weighted by atomic mass is 9.85. The first-order valence-electron chi connectivity index (χ1n) is 13.9. The number of nitrogens with one attached hydrogen (secondary N) is 3. The number of fused-ring (bicyclic) bond motifs is 1. The number of hydrogen-bond acceptors (Lipinski definition) is 7. The van der Waals surface area contributed by atoms with Gasteiger partial charge in [0.2, 0.25) is 6.17 Å². The van der Waals surface area contributed by atoms with Crippen LogP contribution in [0.1, 0.15) is 52.7 Å². The molecule has 2 heterocycles. The number of aliphatic hydroxyl groups is 1. The lowest BCUT2D eigenvalue weighted by molar-refractivity contribution is -0.130. The minimum Gasteiger partial charge on any atom is -0.395 e. The highest BCUT2D eigenvalue weighted by molar-refractivity contribution is 6.16. The summed E-state index contributed by atoms with van der Waals surface area (Å²) in [7, 11) is 1.90. The molecule has 1 amide bonds. The quantitative estimate of drug-likeness (QED) is 0.333. The molecule has 8 heteroatoms. The highest BCUT2D eigenvalue weighted by Crippen LogP contribution is 2.33. The molecule has 1 aromatic rings. The highest BCUT2D eigenvalue weighted by Gasteiger charge is 2.37. The fraction of sp³-hybridized carbons (Fsp3) is 0.406. The monoisotopic (exact) mass is 542 g/mol. The molecular formula is C32H42N6O2. The lowest BCUT2D eigenvalue weighted by Gasteiger charge is -2.35. The first-order chi connectivity index (χ1) is 19.1. The van der Waals surface area contributed by atoms with Gasteiger partial charge in [-0.2, -0.15) is 0 Å². The molecule has 0 saturated heterocycles. The van der Waals surface area contributed by atoms with Gasteiger partial charge in [0.05, 0.1) is 29.4 Å². The zero-order valence-electron chi connectivity index (χ0n) is 24.3. The summed E-state index contributed by atoms with van der Waals surface area (Å²) in [5.74, 6) is 0.510. The van der Waals surface area contributed by atoms with Crippen molar-refractivity contribution in [1.82, 2.24) is 25.8 Å². The predicted molar refractivity (Wildman–Crippen MR) is 161 cm³/mol. The molecular weight excluding hydrogens is 500 g/mol. The van der Waals surface area contributed by atoms with E-state index in [1.54, 1.807) is 11.1 Å². The van der Waals surface area contributed by atoms with Crippen LogP contribution in [0.5, 0.6) is 0 Å². The van der Waals surface area contributed by atoms with E-state index in [9.17, 15) is 9.90 Å². The first-order valence-corrected chi connectivity index (χ1v) is 13.9. The summed E-state index contributed by atoms with van der Waals surface area (Å²) >= 11 is 0. The minimum absolute atomic E-state index is 0.0607. The van der Waals surface area contributed by atoms with Crippen LogP contribution in [0.4, 0.5) is 0 Å². The Morgan fingerprint density at radius 2 is 2.08 bits per heavy atom. The SMILES string of the molecule is C=C(CN1C(=O)[C@@H](N/C(=C/C)NC2(C)C=C(NC)C=CC2)N=C(c2ccccn2)C2=CCCC=C21)C(C)(C)CO. The number of hydrogen-bond donors (Lipinski definition) is 4. The summed E-state index contributed by atoms with van der Waals surface area (Å²) in [6.45, 7) is 12.4. The Bertz CT molecular complexity index is 1320. The molecule has 8 nitrogen and oxygen atoms in total. The van der Waals surface area contributed by atoms with E-state index < -0.39 is 11.6 Å². The second-order valence-corrected chi connectivity index (χ2v) is 11.3. The molecule has 1 unspecified atom stereocenters. The van der Waals surface area contributed by atoms with Gasteiger partial charge in [0.1, 0.15) is 0 Å². The van der Waals surface area contributed by atoms with Gasteiger partial charge in [-0.15, -0.1) is 0 Å². The molecule has 0 fully saturated rings. The predicted octanol–water partition coefficient (Wildman–Crippen LogP) is 4.08. The smallest absolute Gasteiger partial charge is 0.272 e. The second kappa shape index (κ2) is 12.1. The van der Waals surface area contributed by atoms with E-state index in [0.29, 0.717) is 17.2 Å². The van der Waals surface area contributed by atoms with Crippen molar-refractivity contribution < 1.29 is 9.90 Å². The Hall–Kier alpha value is -3.91. The molecule has 0 aromatic carbocycles. The van der Waals surface area contributed by atoms with Gasteiger partial charge in [-0.25, -0.2) is 4.99 Å².